The molecule has 1 aromatic heterocycles. The number of guanidine groups is 1. The Morgan fingerprint density at radius 1 is 1.24 bits per heavy atom. The van der Waals surface area contributed by atoms with Gasteiger partial charge in [-0.05, 0) is 37.2 Å². The van der Waals surface area contributed by atoms with E-state index in [1.165, 1.54) is 0 Å². The summed E-state index contributed by atoms with van der Waals surface area (Å²) in [7, 11) is 1.81. The molecule has 2 N–H and O–H groups in total. The highest BCUT2D eigenvalue weighted by Crippen LogP contribution is 2.37. The van der Waals surface area contributed by atoms with Gasteiger partial charge in [0.1, 0.15) is 0 Å². The SMILES string of the molecule is COC1CCC(C)(CN=C(N)N2CCN(c3ncccn3)CC2)CC1. The molecule has 2 fully saturated rings. The Kier molecular flexibility index (Phi) is 5.73. The summed E-state index contributed by atoms with van der Waals surface area (Å²) in [4.78, 5) is 17.7. The Balaban J connectivity index is 1.49. The zero-order valence-electron chi connectivity index (χ0n) is 15.4. The lowest BCUT2D eigenvalue weighted by atomic mass is 9.75. The van der Waals surface area contributed by atoms with Gasteiger partial charge in [-0.1, -0.05) is 6.92 Å². The molecule has 0 spiro atoms. The van der Waals surface area contributed by atoms with Gasteiger partial charge in [-0.25, -0.2) is 9.97 Å². The minimum Gasteiger partial charge on any atom is -0.381 e. The summed E-state index contributed by atoms with van der Waals surface area (Å²) in [6.07, 6.45) is 8.54. The fourth-order valence-electron chi connectivity index (χ4n) is 3.64. The van der Waals surface area contributed by atoms with E-state index < -0.39 is 0 Å². The fourth-order valence-corrected chi connectivity index (χ4v) is 3.64. The number of rotatable bonds is 4. The number of ether oxygens (including phenoxy) is 1. The highest BCUT2D eigenvalue weighted by Gasteiger charge is 2.31. The van der Waals surface area contributed by atoms with E-state index in [4.69, 9.17) is 15.5 Å². The lowest BCUT2D eigenvalue weighted by molar-refractivity contribution is 0.0352. The van der Waals surface area contributed by atoms with Crippen LogP contribution in [0.25, 0.3) is 0 Å². The summed E-state index contributed by atoms with van der Waals surface area (Å²) in [5.41, 5.74) is 6.51. The topological polar surface area (TPSA) is 79.9 Å². The standard InChI is InChI=1S/C18H30N6O/c1-18(6-4-15(25-2)5-7-18)14-22-16(19)23-10-12-24(13-11-23)17-20-8-3-9-21-17/h3,8-9,15H,4-7,10-14H2,1-2H3,(H2,19,22). The molecule has 7 heteroatoms. The number of anilines is 1. The van der Waals surface area contributed by atoms with E-state index in [2.05, 4.69) is 26.7 Å². The molecule has 1 aliphatic heterocycles. The molecule has 138 valence electrons. The van der Waals surface area contributed by atoms with Crippen molar-refractivity contribution in [1.29, 1.82) is 0 Å². The third-order valence-electron chi connectivity index (χ3n) is 5.53. The molecule has 0 unspecified atom stereocenters. The molecule has 0 aromatic carbocycles. The van der Waals surface area contributed by atoms with E-state index in [0.717, 1.165) is 64.4 Å². The molecule has 0 amide bonds. The number of nitrogens with two attached hydrogens (primary N) is 1. The molecule has 25 heavy (non-hydrogen) atoms. The van der Waals surface area contributed by atoms with Crippen molar-refractivity contribution in [2.24, 2.45) is 16.1 Å². The van der Waals surface area contributed by atoms with Gasteiger partial charge >= 0.3 is 0 Å². The van der Waals surface area contributed by atoms with E-state index in [-0.39, 0.29) is 5.41 Å². The largest absolute Gasteiger partial charge is 0.381 e. The molecule has 1 aliphatic carbocycles. The summed E-state index contributed by atoms with van der Waals surface area (Å²) in [6, 6.07) is 1.84. The Labute approximate surface area is 150 Å². The molecule has 7 nitrogen and oxygen atoms in total. The average molecular weight is 346 g/mol. The highest BCUT2D eigenvalue weighted by atomic mass is 16.5. The van der Waals surface area contributed by atoms with Crippen LogP contribution in [0.15, 0.2) is 23.5 Å². The van der Waals surface area contributed by atoms with Crippen molar-refractivity contribution >= 4 is 11.9 Å². The molecule has 1 saturated carbocycles. The summed E-state index contributed by atoms with van der Waals surface area (Å²) >= 11 is 0. The predicted molar refractivity (Wildman–Crippen MR) is 99.7 cm³/mol. The van der Waals surface area contributed by atoms with Crippen molar-refractivity contribution in [2.75, 3.05) is 44.7 Å². The highest BCUT2D eigenvalue weighted by molar-refractivity contribution is 5.78. The quantitative estimate of drug-likeness (QED) is 0.657. The van der Waals surface area contributed by atoms with Crippen LogP contribution in [0.4, 0.5) is 5.95 Å². The fraction of sp³-hybridized carbons (Fsp3) is 0.722. The molecule has 0 radical (unpaired) electrons. The van der Waals surface area contributed by atoms with Gasteiger partial charge in [0.25, 0.3) is 0 Å². The Bertz CT molecular complexity index is 562. The number of aromatic nitrogens is 2. The smallest absolute Gasteiger partial charge is 0.225 e. The Hall–Kier alpha value is -1.89. The van der Waals surface area contributed by atoms with Crippen molar-refractivity contribution in [2.45, 2.75) is 38.7 Å². The maximum absolute atomic E-state index is 6.26. The summed E-state index contributed by atoms with van der Waals surface area (Å²) in [6.45, 7) is 6.57. The van der Waals surface area contributed by atoms with Crippen LogP contribution in [-0.4, -0.2) is 66.8 Å². The van der Waals surface area contributed by atoms with Crippen LogP contribution in [0, 0.1) is 5.41 Å². The third-order valence-corrected chi connectivity index (χ3v) is 5.53. The van der Waals surface area contributed by atoms with Crippen LogP contribution in [0.1, 0.15) is 32.6 Å². The summed E-state index contributed by atoms with van der Waals surface area (Å²) < 4.78 is 5.47. The zero-order chi connectivity index (χ0) is 17.7. The maximum Gasteiger partial charge on any atom is 0.225 e. The van der Waals surface area contributed by atoms with E-state index in [0.29, 0.717) is 12.1 Å². The van der Waals surface area contributed by atoms with E-state index >= 15 is 0 Å². The van der Waals surface area contributed by atoms with Crippen molar-refractivity contribution in [3.05, 3.63) is 18.5 Å². The third kappa shape index (κ3) is 4.60. The second-order valence-corrected chi connectivity index (χ2v) is 7.44. The van der Waals surface area contributed by atoms with Gasteiger partial charge in [0.05, 0.1) is 6.10 Å². The molecule has 2 heterocycles. The lowest BCUT2D eigenvalue weighted by Crippen LogP contribution is -2.51. The first-order valence-corrected chi connectivity index (χ1v) is 9.19. The van der Waals surface area contributed by atoms with Crippen molar-refractivity contribution in [1.82, 2.24) is 14.9 Å². The van der Waals surface area contributed by atoms with Crippen LogP contribution in [0.5, 0.6) is 0 Å². The number of hydrogen-bond donors (Lipinski definition) is 1. The first-order valence-electron chi connectivity index (χ1n) is 9.19. The lowest BCUT2D eigenvalue weighted by Gasteiger charge is -2.37. The number of hydrogen-bond acceptors (Lipinski definition) is 5. The molecule has 3 rings (SSSR count). The first-order chi connectivity index (χ1) is 12.1. The number of nitrogens with zero attached hydrogens (tertiary/aromatic N) is 5. The van der Waals surface area contributed by atoms with Crippen LogP contribution in [0.2, 0.25) is 0 Å². The first kappa shape index (κ1) is 17.9. The van der Waals surface area contributed by atoms with Gasteiger partial charge in [-0.3, -0.25) is 4.99 Å². The Morgan fingerprint density at radius 2 is 1.88 bits per heavy atom. The van der Waals surface area contributed by atoms with Gasteiger partial charge in [0, 0.05) is 52.2 Å². The second-order valence-electron chi connectivity index (χ2n) is 7.44. The number of methoxy groups -OCH3 is 1. The van der Waals surface area contributed by atoms with E-state index in [1.807, 2.05) is 13.2 Å². The van der Waals surface area contributed by atoms with Crippen LogP contribution < -0.4 is 10.6 Å². The zero-order valence-corrected chi connectivity index (χ0v) is 15.4. The van der Waals surface area contributed by atoms with Gasteiger partial charge in [-0.2, -0.15) is 0 Å². The monoisotopic (exact) mass is 346 g/mol. The van der Waals surface area contributed by atoms with Gasteiger partial charge < -0.3 is 20.3 Å². The molecule has 0 bridgehead atoms. The predicted octanol–water partition coefficient (Wildman–Crippen LogP) is 1.51. The maximum atomic E-state index is 6.26. The van der Waals surface area contributed by atoms with Crippen molar-refractivity contribution in [3.8, 4) is 0 Å². The van der Waals surface area contributed by atoms with E-state index in [9.17, 15) is 0 Å². The van der Waals surface area contributed by atoms with Crippen molar-refractivity contribution in [3.63, 3.8) is 0 Å². The minimum absolute atomic E-state index is 0.249. The van der Waals surface area contributed by atoms with E-state index in [1.54, 1.807) is 12.4 Å². The average Bonchev–Trinajstić information content (AvgIpc) is 2.68. The summed E-state index contributed by atoms with van der Waals surface area (Å²) in [5, 5.41) is 0. The minimum atomic E-state index is 0.249. The summed E-state index contributed by atoms with van der Waals surface area (Å²) in [5.74, 6) is 1.46. The van der Waals surface area contributed by atoms with Gasteiger partial charge in [-0.15, -0.1) is 0 Å². The molecular formula is C18H30N6O. The normalized spacial score (nSPS) is 28.2. The second kappa shape index (κ2) is 7.99. The van der Waals surface area contributed by atoms with Crippen LogP contribution in [0.3, 0.4) is 0 Å². The Morgan fingerprint density at radius 3 is 2.48 bits per heavy atom. The molecule has 0 atom stereocenters. The van der Waals surface area contributed by atoms with Gasteiger partial charge in [0.15, 0.2) is 5.96 Å². The van der Waals surface area contributed by atoms with Gasteiger partial charge in [0.2, 0.25) is 5.95 Å². The number of piperazine rings is 1. The van der Waals surface area contributed by atoms with Crippen LogP contribution >= 0.6 is 0 Å². The molecule has 1 saturated heterocycles. The molecule has 2 aliphatic rings. The van der Waals surface area contributed by atoms with Crippen molar-refractivity contribution < 1.29 is 4.74 Å². The number of aliphatic imine (C=N–C) groups is 1. The molecule has 1 aromatic rings. The van der Waals surface area contributed by atoms with Crippen LogP contribution in [-0.2, 0) is 4.74 Å². The molecular weight excluding hydrogens is 316 g/mol.